The number of carbonyl (C=O) groups is 1. The molecule has 0 spiro atoms. The van der Waals surface area contributed by atoms with Crippen molar-refractivity contribution < 1.29 is 19.0 Å². The number of rotatable bonds is 5. The minimum atomic E-state index is -0.647. The van der Waals surface area contributed by atoms with Crippen LogP contribution in [-0.2, 0) is 4.79 Å². The quantitative estimate of drug-likeness (QED) is 0.878. The standard InChI is InChI=1S/C14H19ClFNO3/c1-14(2,3)12(18)7-17-13(19)8-20-9-4-5-11(16)10(15)6-9/h4-6,12,18H,7-8H2,1-3H3,(H,17,19). The summed E-state index contributed by atoms with van der Waals surface area (Å²) in [6.45, 7) is 5.55. The lowest BCUT2D eigenvalue weighted by Gasteiger charge is -2.25. The molecule has 112 valence electrons. The molecule has 0 saturated carbocycles. The molecule has 1 unspecified atom stereocenters. The Hall–Kier alpha value is -1.33. The number of ether oxygens (including phenoxy) is 1. The monoisotopic (exact) mass is 303 g/mol. The molecule has 0 bridgehead atoms. The maximum absolute atomic E-state index is 12.9. The van der Waals surface area contributed by atoms with Gasteiger partial charge in [0.05, 0.1) is 11.1 Å². The highest BCUT2D eigenvalue weighted by Crippen LogP contribution is 2.21. The first kappa shape index (κ1) is 16.7. The maximum Gasteiger partial charge on any atom is 0.258 e. The summed E-state index contributed by atoms with van der Waals surface area (Å²) in [6.07, 6.45) is -0.647. The van der Waals surface area contributed by atoms with Gasteiger partial charge in [0.25, 0.3) is 5.91 Å². The van der Waals surface area contributed by atoms with Crippen LogP contribution in [0.3, 0.4) is 0 Å². The Morgan fingerprint density at radius 3 is 2.70 bits per heavy atom. The number of amides is 1. The van der Waals surface area contributed by atoms with Gasteiger partial charge in [0, 0.05) is 12.6 Å². The van der Waals surface area contributed by atoms with Gasteiger partial charge in [0.2, 0.25) is 0 Å². The second kappa shape index (κ2) is 6.90. The van der Waals surface area contributed by atoms with Gasteiger partial charge in [0.1, 0.15) is 11.6 Å². The lowest BCUT2D eigenvalue weighted by molar-refractivity contribution is -0.123. The molecule has 0 radical (unpaired) electrons. The summed E-state index contributed by atoms with van der Waals surface area (Å²) in [4.78, 5) is 11.5. The molecule has 1 aromatic carbocycles. The summed E-state index contributed by atoms with van der Waals surface area (Å²) in [6, 6.07) is 3.85. The number of aliphatic hydroxyl groups is 1. The highest BCUT2D eigenvalue weighted by atomic mass is 35.5. The highest BCUT2D eigenvalue weighted by molar-refractivity contribution is 6.30. The van der Waals surface area contributed by atoms with E-state index in [4.69, 9.17) is 16.3 Å². The highest BCUT2D eigenvalue weighted by Gasteiger charge is 2.22. The van der Waals surface area contributed by atoms with Gasteiger partial charge in [-0.2, -0.15) is 0 Å². The average molecular weight is 304 g/mol. The summed E-state index contributed by atoms with van der Waals surface area (Å²) >= 11 is 5.59. The molecule has 20 heavy (non-hydrogen) atoms. The third kappa shape index (κ3) is 5.35. The van der Waals surface area contributed by atoms with E-state index in [1.807, 2.05) is 20.8 Å². The van der Waals surface area contributed by atoms with E-state index in [-0.39, 0.29) is 29.5 Å². The second-order valence-corrected chi connectivity index (χ2v) is 5.96. The fraction of sp³-hybridized carbons (Fsp3) is 0.500. The molecule has 0 fully saturated rings. The molecule has 0 saturated heterocycles. The number of halogens is 2. The van der Waals surface area contributed by atoms with Gasteiger partial charge in [-0.25, -0.2) is 4.39 Å². The van der Waals surface area contributed by atoms with Crippen LogP contribution in [0.5, 0.6) is 5.75 Å². The number of hydrogen-bond acceptors (Lipinski definition) is 3. The van der Waals surface area contributed by atoms with Crippen molar-refractivity contribution in [2.75, 3.05) is 13.2 Å². The smallest absolute Gasteiger partial charge is 0.258 e. The largest absolute Gasteiger partial charge is 0.484 e. The first-order valence-corrected chi connectivity index (χ1v) is 6.60. The topological polar surface area (TPSA) is 58.6 Å². The Kier molecular flexibility index (Phi) is 5.77. The molecule has 2 N–H and O–H groups in total. The van der Waals surface area contributed by atoms with Crippen molar-refractivity contribution in [1.29, 1.82) is 0 Å². The zero-order chi connectivity index (χ0) is 15.3. The molecule has 4 nitrogen and oxygen atoms in total. The molecule has 0 heterocycles. The van der Waals surface area contributed by atoms with Crippen LogP contribution in [0.15, 0.2) is 18.2 Å². The average Bonchev–Trinajstić information content (AvgIpc) is 2.36. The van der Waals surface area contributed by atoms with Gasteiger partial charge in [0.15, 0.2) is 6.61 Å². The van der Waals surface area contributed by atoms with Crippen LogP contribution in [-0.4, -0.2) is 30.3 Å². The fourth-order valence-electron chi connectivity index (χ4n) is 1.28. The third-order valence-corrected chi connectivity index (χ3v) is 3.04. The lowest BCUT2D eigenvalue weighted by atomic mass is 9.89. The van der Waals surface area contributed by atoms with Crippen molar-refractivity contribution in [3.05, 3.63) is 29.0 Å². The van der Waals surface area contributed by atoms with Gasteiger partial charge < -0.3 is 15.2 Å². The predicted octanol–water partition coefficient (Wildman–Crippen LogP) is 2.38. The summed E-state index contributed by atoms with van der Waals surface area (Å²) in [7, 11) is 0. The van der Waals surface area contributed by atoms with Crippen molar-refractivity contribution in [3.8, 4) is 5.75 Å². The van der Waals surface area contributed by atoms with Crippen LogP contribution in [0.25, 0.3) is 0 Å². The Labute approximate surface area is 122 Å². The predicted molar refractivity (Wildman–Crippen MR) is 75.4 cm³/mol. The number of aliphatic hydroxyl groups excluding tert-OH is 1. The summed E-state index contributed by atoms with van der Waals surface area (Å²) in [5.41, 5.74) is -0.307. The number of nitrogens with one attached hydrogen (secondary N) is 1. The number of benzene rings is 1. The van der Waals surface area contributed by atoms with Crippen LogP contribution < -0.4 is 10.1 Å². The van der Waals surface area contributed by atoms with E-state index in [1.54, 1.807) is 0 Å². The van der Waals surface area contributed by atoms with Crippen LogP contribution in [0.1, 0.15) is 20.8 Å². The summed E-state index contributed by atoms with van der Waals surface area (Å²) in [5.74, 6) is -0.603. The number of hydrogen-bond donors (Lipinski definition) is 2. The van der Waals surface area contributed by atoms with E-state index < -0.39 is 11.9 Å². The van der Waals surface area contributed by atoms with E-state index in [1.165, 1.54) is 18.2 Å². The van der Waals surface area contributed by atoms with Gasteiger partial charge in [-0.05, 0) is 17.5 Å². The van der Waals surface area contributed by atoms with E-state index in [0.29, 0.717) is 5.75 Å². The Morgan fingerprint density at radius 1 is 1.50 bits per heavy atom. The van der Waals surface area contributed by atoms with E-state index >= 15 is 0 Å². The first-order chi connectivity index (χ1) is 9.20. The minimum absolute atomic E-state index is 0.0638. The van der Waals surface area contributed by atoms with Crippen molar-refractivity contribution in [1.82, 2.24) is 5.32 Å². The fourth-order valence-corrected chi connectivity index (χ4v) is 1.45. The molecule has 0 aromatic heterocycles. The van der Waals surface area contributed by atoms with Gasteiger partial charge in [-0.15, -0.1) is 0 Å². The zero-order valence-electron chi connectivity index (χ0n) is 11.7. The SMILES string of the molecule is CC(C)(C)C(O)CNC(=O)COc1ccc(F)c(Cl)c1. The number of carbonyl (C=O) groups excluding carboxylic acids is 1. The van der Waals surface area contributed by atoms with Crippen molar-refractivity contribution >= 4 is 17.5 Å². The van der Waals surface area contributed by atoms with Crippen LogP contribution in [0.2, 0.25) is 5.02 Å². The molecule has 0 aliphatic carbocycles. The van der Waals surface area contributed by atoms with Crippen LogP contribution >= 0.6 is 11.6 Å². The molecule has 1 amide bonds. The van der Waals surface area contributed by atoms with Gasteiger partial charge in [-0.1, -0.05) is 32.4 Å². The zero-order valence-corrected chi connectivity index (χ0v) is 12.5. The van der Waals surface area contributed by atoms with Gasteiger partial charge in [-0.3, -0.25) is 4.79 Å². The van der Waals surface area contributed by atoms with E-state index in [2.05, 4.69) is 5.32 Å². The molecule has 1 aromatic rings. The Bertz CT molecular complexity index is 474. The summed E-state index contributed by atoms with van der Waals surface area (Å²) < 4.78 is 18.1. The maximum atomic E-state index is 12.9. The summed E-state index contributed by atoms with van der Waals surface area (Å²) in [5, 5.41) is 12.3. The molecular formula is C14H19ClFNO3. The van der Waals surface area contributed by atoms with Crippen LogP contribution in [0.4, 0.5) is 4.39 Å². The first-order valence-electron chi connectivity index (χ1n) is 6.23. The van der Waals surface area contributed by atoms with Crippen LogP contribution in [0, 0.1) is 11.2 Å². The lowest BCUT2D eigenvalue weighted by Crippen LogP contribution is -2.40. The molecule has 0 aliphatic heterocycles. The minimum Gasteiger partial charge on any atom is -0.484 e. The second-order valence-electron chi connectivity index (χ2n) is 5.55. The molecule has 1 atom stereocenters. The van der Waals surface area contributed by atoms with E-state index in [0.717, 1.165) is 0 Å². The van der Waals surface area contributed by atoms with Crippen molar-refractivity contribution in [2.45, 2.75) is 26.9 Å². The normalized spacial score (nSPS) is 12.9. The Morgan fingerprint density at radius 2 is 2.15 bits per heavy atom. The molecule has 6 heteroatoms. The van der Waals surface area contributed by atoms with Crippen molar-refractivity contribution in [2.24, 2.45) is 5.41 Å². The molecule has 0 aliphatic rings. The van der Waals surface area contributed by atoms with Gasteiger partial charge >= 0.3 is 0 Å². The van der Waals surface area contributed by atoms with Crippen molar-refractivity contribution in [3.63, 3.8) is 0 Å². The molecule has 1 rings (SSSR count). The Balaban J connectivity index is 2.38. The molecular weight excluding hydrogens is 285 g/mol. The third-order valence-electron chi connectivity index (χ3n) is 2.75. The van der Waals surface area contributed by atoms with E-state index in [9.17, 15) is 14.3 Å².